The molecule has 0 saturated carbocycles. The fraction of sp³-hybridized carbons (Fsp3) is 0.150. The van der Waals surface area contributed by atoms with E-state index in [1.54, 1.807) is 30.3 Å². The molecular weight excluding hydrogens is 332 g/mol. The molecule has 1 aromatic heterocycles. The van der Waals surface area contributed by atoms with Gasteiger partial charge in [0.05, 0.1) is 5.52 Å². The number of anilines is 1. The zero-order valence-electron chi connectivity index (χ0n) is 14.4. The summed E-state index contributed by atoms with van der Waals surface area (Å²) in [4.78, 5) is 36.3. The molecule has 2 aromatic carbocycles. The van der Waals surface area contributed by atoms with Gasteiger partial charge in [-0.15, -0.1) is 0 Å². The summed E-state index contributed by atoms with van der Waals surface area (Å²) in [6, 6.07) is 13.3. The number of aromatic nitrogens is 1. The Morgan fingerprint density at radius 3 is 2.31 bits per heavy atom. The molecule has 1 amide bonds. The number of amides is 1. The van der Waals surface area contributed by atoms with Gasteiger partial charge in [-0.05, 0) is 35.7 Å². The Bertz CT molecular complexity index is 1050. The lowest BCUT2D eigenvalue weighted by Gasteiger charge is -2.13. The summed E-state index contributed by atoms with van der Waals surface area (Å²) in [5.41, 5.74) is 1.01. The number of rotatable bonds is 3. The largest absolute Gasteiger partial charge is 0.477 e. The van der Waals surface area contributed by atoms with Crippen molar-refractivity contribution in [2.45, 2.75) is 19.8 Å². The van der Waals surface area contributed by atoms with E-state index >= 15 is 0 Å². The van der Waals surface area contributed by atoms with Crippen LogP contribution in [0.15, 0.2) is 59.5 Å². The molecule has 0 saturated heterocycles. The molecule has 6 nitrogen and oxygen atoms in total. The maximum absolute atomic E-state index is 12.7. The van der Waals surface area contributed by atoms with Crippen LogP contribution in [0, 0.1) is 0 Å². The molecule has 0 aliphatic carbocycles. The zero-order valence-corrected chi connectivity index (χ0v) is 14.4. The number of carboxylic acids is 1. The lowest BCUT2D eigenvalue weighted by atomic mass is 10.0. The van der Waals surface area contributed by atoms with Crippen molar-refractivity contribution in [2.75, 3.05) is 5.32 Å². The van der Waals surface area contributed by atoms with Crippen molar-refractivity contribution in [3.63, 3.8) is 0 Å². The smallest absolute Gasteiger partial charge is 0.341 e. The Morgan fingerprint density at radius 1 is 1.04 bits per heavy atom. The van der Waals surface area contributed by atoms with Crippen molar-refractivity contribution < 1.29 is 14.7 Å². The van der Waals surface area contributed by atoms with Gasteiger partial charge >= 0.3 is 12.0 Å². The van der Waals surface area contributed by atoms with Gasteiger partial charge in [-0.2, -0.15) is 0 Å². The number of carboxylic acid groups (broad SMARTS) is 1. The molecule has 0 aliphatic rings. The van der Waals surface area contributed by atoms with Crippen molar-refractivity contribution in [2.24, 2.45) is 0 Å². The molecular formula is C20H18N2O4. The highest BCUT2D eigenvalue weighted by Crippen LogP contribution is 2.18. The van der Waals surface area contributed by atoms with Crippen LogP contribution in [-0.2, 0) is 0 Å². The first-order valence-corrected chi connectivity index (χ1v) is 8.17. The number of pyridine rings is 1. The van der Waals surface area contributed by atoms with Crippen LogP contribution in [0.2, 0.25) is 0 Å². The third-order valence-electron chi connectivity index (χ3n) is 4.19. The normalized spacial score (nSPS) is 10.9. The monoisotopic (exact) mass is 350 g/mol. The highest BCUT2D eigenvalue weighted by atomic mass is 16.4. The van der Waals surface area contributed by atoms with Gasteiger partial charge < -0.3 is 10.4 Å². The maximum Gasteiger partial charge on any atom is 0.341 e. The van der Waals surface area contributed by atoms with Crippen molar-refractivity contribution in [1.82, 2.24) is 4.57 Å². The fourth-order valence-electron chi connectivity index (χ4n) is 2.73. The van der Waals surface area contributed by atoms with Gasteiger partial charge in [0.15, 0.2) is 0 Å². The number of nitrogens with one attached hydrogen (secondary N) is 1. The highest BCUT2D eigenvalue weighted by Gasteiger charge is 2.17. The van der Waals surface area contributed by atoms with Crippen LogP contribution in [0.1, 0.15) is 35.7 Å². The number of hydrogen-bond donors (Lipinski definition) is 2. The standard InChI is InChI=1S/C20H18N2O4/c1-12(2)13-7-9-14(10-8-13)21-20(26)22-11-16(19(24)25)18(23)15-5-3-4-6-17(15)22/h3-12H,1-2H3,(H,21,26)(H,24,25). The lowest BCUT2D eigenvalue weighted by Crippen LogP contribution is -2.25. The van der Waals surface area contributed by atoms with E-state index in [9.17, 15) is 19.5 Å². The topological polar surface area (TPSA) is 88.4 Å². The van der Waals surface area contributed by atoms with Gasteiger partial charge in [-0.3, -0.25) is 9.36 Å². The molecule has 0 unspecified atom stereocenters. The van der Waals surface area contributed by atoms with Crippen molar-refractivity contribution in [1.29, 1.82) is 0 Å². The number of fused-ring (bicyclic) bond motifs is 1. The van der Waals surface area contributed by atoms with Crippen LogP contribution in [0.5, 0.6) is 0 Å². The number of aromatic carboxylic acids is 1. The van der Waals surface area contributed by atoms with Gasteiger partial charge in [-0.25, -0.2) is 9.59 Å². The summed E-state index contributed by atoms with van der Waals surface area (Å²) in [5.74, 6) is -0.996. The van der Waals surface area contributed by atoms with E-state index in [1.807, 2.05) is 12.1 Å². The van der Waals surface area contributed by atoms with Crippen LogP contribution < -0.4 is 10.7 Å². The van der Waals surface area contributed by atoms with Crippen LogP contribution in [0.25, 0.3) is 10.9 Å². The summed E-state index contributed by atoms with van der Waals surface area (Å²) >= 11 is 0. The average molecular weight is 350 g/mol. The summed E-state index contributed by atoms with van der Waals surface area (Å²) in [5, 5.41) is 12.2. The molecule has 132 valence electrons. The molecule has 0 aliphatic heterocycles. The van der Waals surface area contributed by atoms with Crippen LogP contribution >= 0.6 is 0 Å². The minimum Gasteiger partial charge on any atom is -0.477 e. The number of hydrogen-bond acceptors (Lipinski definition) is 3. The third kappa shape index (κ3) is 3.21. The summed E-state index contributed by atoms with van der Waals surface area (Å²) in [6.45, 7) is 4.15. The fourth-order valence-corrected chi connectivity index (χ4v) is 2.73. The Hall–Kier alpha value is -3.41. The first-order chi connectivity index (χ1) is 12.4. The van der Waals surface area contributed by atoms with E-state index in [1.165, 1.54) is 6.07 Å². The zero-order chi connectivity index (χ0) is 18.8. The minimum absolute atomic E-state index is 0.178. The van der Waals surface area contributed by atoms with Crippen LogP contribution in [0.4, 0.5) is 10.5 Å². The molecule has 3 aromatic rings. The van der Waals surface area contributed by atoms with Gasteiger partial charge in [0.25, 0.3) is 0 Å². The van der Waals surface area contributed by atoms with Crippen molar-refractivity contribution in [3.8, 4) is 0 Å². The molecule has 0 atom stereocenters. The molecule has 1 heterocycles. The van der Waals surface area contributed by atoms with Gasteiger partial charge in [-0.1, -0.05) is 38.1 Å². The highest BCUT2D eigenvalue weighted by molar-refractivity contribution is 6.00. The quantitative estimate of drug-likeness (QED) is 0.750. The number of nitrogens with zero attached hydrogens (tertiary/aromatic N) is 1. The van der Waals surface area contributed by atoms with Crippen LogP contribution in [-0.4, -0.2) is 21.7 Å². The summed E-state index contributed by atoms with van der Waals surface area (Å²) in [7, 11) is 0. The summed E-state index contributed by atoms with van der Waals surface area (Å²) in [6.07, 6.45) is 1.06. The second kappa shape index (κ2) is 6.84. The first kappa shape index (κ1) is 17.4. The lowest BCUT2D eigenvalue weighted by molar-refractivity contribution is 0.0695. The van der Waals surface area contributed by atoms with E-state index in [2.05, 4.69) is 19.2 Å². The molecule has 6 heteroatoms. The number of benzene rings is 2. The number of carbonyl (C=O) groups excluding carboxylic acids is 1. The van der Waals surface area contributed by atoms with E-state index in [0.717, 1.165) is 16.3 Å². The van der Waals surface area contributed by atoms with E-state index < -0.39 is 23.0 Å². The summed E-state index contributed by atoms with van der Waals surface area (Å²) < 4.78 is 1.15. The second-order valence-corrected chi connectivity index (χ2v) is 6.27. The molecule has 0 radical (unpaired) electrons. The molecule has 26 heavy (non-hydrogen) atoms. The Morgan fingerprint density at radius 2 is 1.69 bits per heavy atom. The van der Waals surface area contributed by atoms with E-state index in [0.29, 0.717) is 17.1 Å². The second-order valence-electron chi connectivity index (χ2n) is 6.27. The predicted molar refractivity (Wildman–Crippen MR) is 100 cm³/mol. The minimum atomic E-state index is -1.37. The van der Waals surface area contributed by atoms with E-state index in [4.69, 9.17) is 0 Å². The molecule has 0 spiro atoms. The van der Waals surface area contributed by atoms with Gasteiger partial charge in [0.1, 0.15) is 5.56 Å². The Labute approximate surface area is 149 Å². The third-order valence-corrected chi connectivity index (χ3v) is 4.19. The Kier molecular flexibility index (Phi) is 4.58. The molecule has 3 rings (SSSR count). The van der Waals surface area contributed by atoms with Crippen LogP contribution in [0.3, 0.4) is 0 Å². The van der Waals surface area contributed by atoms with Crippen molar-refractivity contribution in [3.05, 3.63) is 76.1 Å². The molecule has 0 fully saturated rings. The SMILES string of the molecule is CC(C)c1ccc(NC(=O)n2cc(C(=O)O)c(=O)c3ccccc32)cc1. The van der Waals surface area contributed by atoms with E-state index in [-0.39, 0.29) is 5.39 Å². The first-order valence-electron chi connectivity index (χ1n) is 8.17. The predicted octanol–water partition coefficient (Wildman–Crippen LogP) is 3.90. The maximum atomic E-state index is 12.7. The Balaban J connectivity index is 2.04. The van der Waals surface area contributed by atoms with Gasteiger partial charge in [0.2, 0.25) is 5.43 Å². The van der Waals surface area contributed by atoms with Crippen molar-refractivity contribution >= 4 is 28.6 Å². The number of para-hydroxylation sites is 1. The molecule has 2 N–H and O–H groups in total. The average Bonchev–Trinajstić information content (AvgIpc) is 2.62. The number of carbonyl (C=O) groups is 2. The van der Waals surface area contributed by atoms with Gasteiger partial charge in [0, 0.05) is 17.3 Å². The molecule has 0 bridgehead atoms.